The smallest absolute Gasteiger partial charge is 0.330 e. The molecule has 3 N–H and O–H groups in total. The molecule has 0 aliphatic rings. The summed E-state index contributed by atoms with van der Waals surface area (Å²) in [6, 6.07) is 4.82. The van der Waals surface area contributed by atoms with Crippen LogP contribution in [0.3, 0.4) is 0 Å². The number of rotatable bonds is 3. The first-order valence-electron chi connectivity index (χ1n) is 5.05. The lowest BCUT2D eigenvalue weighted by Crippen LogP contribution is -2.06. The predicted molar refractivity (Wildman–Crippen MR) is 71.2 cm³/mol. The molecule has 0 unspecified atom stereocenters. The Labute approximate surface area is 118 Å². The molecule has 0 radical (unpaired) electrons. The van der Waals surface area contributed by atoms with Crippen molar-refractivity contribution in [3.8, 4) is 5.69 Å². The van der Waals surface area contributed by atoms with Crippen molar-refractivity contribution in [1.29, 1.82) is 0 Å². The summed E-state index contributed by atoms with van der Waals surface area (Å²) in [5.74, 6) is -1.15. The second-order valence-electron chi connectivity index (χ2n) is 3.59. The standard InChI is InChI=1S/C11H8Cl2N4O2/c12-6-1-2-9(17-5-10(13)15-16-17)7(3-6)8(14)4-11(18)19/h1-5H,14H2,(H,18,19)/b8-4-. The number of benzene rings is 1. The van der Waals surface area contributed by atoms with Crippen LogP contribution < -0.4 is 5.73 Å². The van der Waals surface area contributed by atoms with Crippen molar-refractivity contribution in [2.24, 2.45) is 5.73 Å². The van der Waals surface area contributed by atoms with Crippen LogP contribution in [0, 0.1) is 0 Å². The van der Waals surface area contributed by atoms with E-state index in [0.29, 0.717) is 16.3 Å². The quantitative estimate of drug-likeness (QED) is 0.845. The zero-order valence-electron chi connectivity index (χ0n) is 9.42. The molecule has 19 heavy (non-hydrogen) atoms. The van der Waals surface area contributed by atoms with E-state index in [1.54, 1.807) is 18.2 Å². The van der Waals surface area contributed by atoms with Crippen LogP contribution in [0.5, 0.6) is 0 Å². The van der Waals surface area contributed by atoms with Gasteiger partial charge in [-0.3, -0.25) is 0 Å². The van der Waals surface area contributed by atoms with E-state index in [1.165, 1.54) is 10.9 Å². The van der Waals surface area contributed by atoms with Crippen LogP contribution in [0.4, 0.5) is 0 Å². The van der Waals surface area contributed by atoms with Crippen molar-refractivity contribution in [3.63, 3.8) is 0 Å². The lowest BCUT2D eigenvalue weighted by atomic mass is 10.1. The van der Waals surface area contributed by atoms with Crippen LogP contribution in [0.15, 0.2) is 30.5 Å². The molecule has 0 bridgehead atoms. The highest BCUT2D eigenvalue weighted by atomic mass is 35.5. The Kier molecular flexibility index (Phi) is 3.73. The van der Waals surface area contributed by atoms with Crippen molar-refractivity contribution < 1.29 is 9.90 Å². The fraction of sp³-hybridized carbons (Fsp3) is 0. The number of carboxylic acids is 1. The van der Waals surface area contributed by atoms with Gasteiger partial charge in [-0.1, -0.05) is 28.4 Å². The molecule has 0 saturated heterocycles. The van der Waals surface area contributed by atoms with E-state index in [1.807, 2.05) is 0 Å². The van der Waals surface area contributed by atoms with Crippen LogP contribution in [-0.2, 0) is 4.79 Å². The van der Waals surface area contributed by atoms with Gasteiger partial charge >= 0.3 is 5.97 Å². The summed E-state index contributed by atoms with van der Waals surface area (Å²) in [6.07, 6.45) is 2.36. The number of carboxylic acid groups (broad SMARTS) is 1. The Balaban J connectivity index is 2.59. The third-order valence-electron chi connectivity index (χ3n) is 2.26. The van der Waals surface area contributed by atoms with Crippen LogP contribution in [-0.4, -0.2) is 26.1 Å². The molecule has 0 atom stereocenters. The molecule has 2 aromatic rings. The van der Waals surface area contributed by atoms with E-state index in [0.717, 1.165) is 6.08 Å². The number of nitrogens with zero attached hydrogens (tertiary/aromatic N) is 3. The van der Waals surface area contributed by atoms with E-state index in [2.05, 4.69) is 10.3 Å². The van der Waals surface area contributed by atoms with Crippen molar-refractivity contribution in [2.75, 3.05) is 0 Å². The van der Waals surface area contributed by atoms with Crippen molar-refractivity contribution >= 4 is 34.9 Å². The molecule has 98 valence electrons. The summed E-state index contributed by atoms with van der Waals surface area (Å²) in [7, 11) is 0. The lowest BCUT2D eigenvalue weighted by Gasteiger charge is -2.09. The molecular weight excluding hydrogens is 291 g/mol. The van der Waals surface area contributed by atoms with Gasteiger partial charge in [-0.05, 0) is 18.2 Å². The highest BCUT2D eigenvalue weighted by Gasteiger charge is 2.11. The van der Waals surface area contributed by atoms with Gasteiger partial charge in [0.1, 0.15) is 0 Å². The number of aliphatic carboxylic acids is 1. The van der Waals surface area contributed by atoms with Crippen molar-refractivity contribution in [2.45, 2.75) is 0 Å². The Morgan fingerprint density at radius 2 is 2.16 bits per heavy atom. The van der Waals surface area contributed by atoms with E-state index >= 15 is 0 Å². The first-order chi connectivity index (χ1) is 8.97. The van der Waals surface area contributed by atoms with Gasteiger partial charge in [-0.25, -0.2) is 9.48 Å². The summed E-state index contributed by atoms with van der Waals surface area (Å²) in [4.78, 5) is 10.7. The zero-order valence-corrected chi connectivity index (χ0v) is 10.9. The summed E-state index contributed by atoms with van der Waals surface area (Å²) < 4.78 is 1.39. The molecule has 6 nitrogen and oxygen atoms in total. The molecule has 1 aromatic heterocycles. The first kappa shape index (κ1) is 13.4. The summed E-state index contributed by atoms with van der Waals surface area (Å²) in [6.45, 7) is 0. The highest BCUT2D eigenvalue weighted by molar-refractivity contribution is 6.31. The maximum atomic E-state index is 10.7. The maximum Gasteiger partial charge on any atom is 0.330 e. The molecule has 0 spiro atoms. The second kappa shape index (κ2) is 5.29. The Morgan fingerprint density at radius 1 is 1.42 bits per heavy atom. The molecule has 0 fully saturated rings. The number of halogens is 2. The van der Waals surface area contributed by atoms with Crippen molar-refractivity contribution in [1.82, 2.24) is 15.0 Å². The van der Waals surface area contributed by atoms with Gasteiger partial charge in [0.25, 0.3) is 0 Å². The van der Waals surface area contributed by atoms with Gasteiger partial charge in [0.15, 0.2) is 5.15 Å². The number of nitrogens with two attached hydrogens (primary N) is 1. The van der Waals surface area contributed by atoms with Crippen LogP contribution in [0.25, 0.3) is 11.4 Å². The third-order valence-corrected chi connectivity index (χ3v) is 2.67. The van der Waals surface area contributed by atoms with Gasteiger partial charge in [0.05, 0.1) is 11.9 Å². The van der Waals surface area contributed by atoms with E-state index in [-0.39, 0.29) is 10.9 Å². The summed E-state index contributed by atoms with van der Waals surface area (Å²) in [5, 5.41) is 16.8. The molecular formula is C11H8Cl2N4O2. The third kappa shape index (κ3) is 3.04. The highest BCUT2D eigenvalue weighted by Crippen LogP contribution is 2.24. The van der Waals surface area contributed by atoms with Crippen LogP contribution in [0.1, 0.15) is 5.56 Å². The molecule has 1 aromatic carbocycles. The molecule has 0 saturated carbocycles. The predicted octanol–water partition coefficient (Wildman–Crippen LogP) is 1.96. The van der Waals surface area contributed by atoms with Gasteiger partial charge in [0.2, 0.25) is 0 Å². The lowest BCUT2D eigenvalue weighted by molar-refractivity contribution is -0.131. The second-order valence-corrected chi connectivity index (χ2v) is 4.41. The van der Waals surface area contributed by atoms with E-state index in [9.17, 15) is 4.79 Å². The fourth-order valence-electron chi connectivity index (χ4n) is 1.51. The van der Waals surface area contributed by atoms with Gasteiger partial charge in [-0.2, -0.15) is 0 Å². The Hall–Kier alpha value is -2.05. The van der Waals surface area contributed by atoms with Gasteiger partial charge in [0, 0.05) is 22.4 Å². The molecule has 2 rings (SSSR count). The average molecular weight is 299 g/mol. The molecule has 1 heterocycles. The first-order valence-corrected chi connectivity index (χ1v) is 5.81. The minimum Gasteiger partial charge on any atom is -0.478 e. The average Bonchev–Trinajstić information content (AvgIpc) is 2.74. The monoisotopic (exact) mass is 298 g/mol. The number of carbonyl (C=O) groups is 1. The molecule has 0 amide bonds. The van der Waals surface area contributed by atoms with E-state index in [4.69, 9.17) is 34.0 Å². The topological polar surface area (TPSA) is 94.0 Å². The number of hydrogen-bond acceptors (Lipinski definition) is 4. The van der Waals surface area contributed by atoms with Crippen LogP contribution in [0.2, 0.25) is 10.2 Å². The van der Waals surface area contributed by atoms with Crippen LogP contribution >= 0.6 is 23.2 Å². The molecule has 8 heteroatoms. The largest absolute Gasteiger partial charge is 0.478 e. The molecule has 0 aliphatic carbocycles. The van der Waals surface area contributed by atoms with Gasteiger partial charge < -0.3 is 10.8 Å². The normalized spacial score (nSPS) is 11.6. The maximum absolute atomic E-state index is 10.7. The fourth-order valence-corrected chi connectivity index (χ4v) is 1.81. The summed E-state index contributed by atoms with van der Waals surface area (Å²) >= 11 is 11.6. The number of aromatic nitrogens is 3. The Morgan fingerprint density at radius 3 is 2.74 bits per heavy atom. The minimum atomic E-state index is -1.15. The SMILES string of the molecule is N/C(=C\C(=O)O)c1cc(Cl)ccc1-n1cc(Cl)nn1. The molecule has 0 aliphatic heterocycles. The minimum absolute atomic E-state index is 0.0524. The van der Waals surface area contributed by atoms with E-state index < -0.39 is 5.97 Å². The van der Waals surface area contributed by atoms with Crippen molar-refractivity contribution in [3.05, 3.63) is 46.2 Å². The number of hydrogen-bond donors (Lipinski definition) is 2. The summed E-state index contributed by atoms with van der Waals surface area (Å²) in [5.41, 5.74) is 6.74. The zero-order chi connectivity index (χ0) is 14.0. The van der Waals surface area contributed by atoms with Gasteiger partial charge in [-0.15, -0.1) is 5.10 Å². The Bertz CT molecular complexity index is 666.